The van der Waals surface area contributed by atoms with Crippen LogP contribution in [0.5, 0.6) is 0 Å². The number of rotatable bonds is 7. The van der Waals surface area contributed by atoms with E-state index in [1.165, 1.54) is 12.8 Å². The number of carbonyl (C=O) groups is 1. The molecule has 2 saturated heterocycles. The molecule has 1 amide bonds. The average Bonchev–Trinajstić information content (AvgIpc) is 3.39. The van der Waals surface area contributed by atoms with Crippen molar-refractivity contribution < 1.29 is 14.3 Å². The molecule has 3 fully saturated rings. The highest BCUT2D eigenvalue weighted by molar-refractivity contribution is 5.78. The Balaban J connectivity index is 1.42. The zero-order chi connectivity index (χ0) is 16.1. The first-order valence-corrected chi connectivity index (χ1v) is 9.12. The molecule has 0 aromatic rings. The largest absolute Gasteiger partial charge is 0.379 e. The average molecular weight is 325 g/mol. The minimum atomic E-state index is 0.0116. The van der Waals surface area contributed by atoms with Gasteiger partial charge in [0.05, 0.1) is 19.2 Å². The number of hydrogen-bond donors (Lipinski definition) is 2. The Morgan fingerprint density at radius 2 is 2.04 bits per heavy atom. The van der Waals surface area contributed by atoms with Gasteiger partial charge in [0.25, 0.3) is 0 Å². The Bertz CT molecular complexity index is 383. The van der Waals surface area contributed by atoms with Gasteiger partial charge in [-0.3, -0.25) is 9.69 Å². The van der Waals surface area contributed by atoms with E-state index in [0.29, 0.717) is 25.8 Å². The number of nitrogens with zero attached hydrogens (tertiary/aromatic N) is 1. The van der Waals surface area contributed by atoms with Crippen molar-refractivity contribution in [2.24, 2.45) is 5.92 Å². The number of carbonyl (C=O) groups excluding carboxylic acids is 1. The van der Waals surface area contributed by atoms with Crippen LogP contribution in [-0.2, 0) is 14.3 Å². The topological polar surface area (TPSA) is 62.8 Å². The van der Waals surface area contributed by atoms with Gasteiger partial charge in [-0.15, -0.1) is 0 Å². The molecule has 3 rings (SSSR count). The van der Waals surface area contributed by atoms with Gasteiger partial charge in [0.1, 0.15) is 6.10 Å². The van der Waals surface area contributed by atoms with Gasteiger partial charge in [-0.25, -0.2) is 0 Å². The van der Waals surface area contributed by atoms with E-state index in [2.05, 4.69) is 22.6 Å². The lowest BCUT2D eigenvalue weighted by Gasteiger charge is -2.34. The van der Waals surface area contributed by atoms with Crippen molar-refractivity contribution in [1.82, 2.24) is 15.5 Å². The van der Waals surface area contributed by atoms with Crippen LogP contribution >= 0.6 is 0 Å². The van der Waals surface area contributed by atoms with Crippen molar-refractivity contribution in [3.63, 3.8) is 0 Å². The second-order valence-electron chi connectivity index (χ2n) is 7.25. The molecule has 3 aliphatic rings. The molecule has 0 bridgehead atoms. The van der Waals surface area contributed by atoms with Gasteiger partial charge < -0.3 is 20.1 Å². The summed E-state index contributed by atoms with van der Waals surface area (Å²) in [7, 11) is 2.06. The summed E-state index contributed by atoms with van der Waals surface area (Å²) < 4.78 is 11.5. The molecule has 0 aromatic carbocycles. The van der Waals surface area contributed by atoms with Crippen LogP contribution in [0.4, 0.5) is 0 Å². The first-order valence-electron chi connectivity index (χ1n) is 9.12. The number of hydrogen-bond acceptors (Lipinski definition) is 5. The molecule has 23 heavy (non-hydrogen) atoms. The molecular weight excluding hydrogens is 294 g/mol. The van der Waals surface area contributed by atoms with Crippen LogP contribution in [0, 0.1) is 5.92 Å². The minimum Gasteiger partial charge on any atom is -0.379 e. The quantitative estimate of drug-likeness (QED) is 0.708. The molecule has 0 aromatic heterocycles. The van der Waals surface area contributed by atoms with Gasteiger partial charge in [0.15, 0.2) is 0 Å². The lowest BCUT2D eigenvalue weighted by atomic mass is 10.0. The fourth-order valence-electron chi connectivity index (χ4n) is 3.44. The number of nitrogens with one attached hydrogen (secondary N) is 2. The van der Waals surface area contributed by atoms with Crippen LogP contribution in [0.15, 0.2) is 0 Å². The van der Waals surface area contributed by atoms with Crippen molar-refractivity contribution in [3.05, 3.63) is 0 Å². The Hall–Kier alpha value is -0.690. The SMILES string of the molecule is CN(CC(=O)N[C@@H]1CCOC[C@H]1OCC1CC1)C1CCNCC1. The first kappa shape index (κ1) is 17.1. The standard InChI is InChI=1S/C17H31N3O3/c1-20(14-4-7-18-8-5-14)10-17(21)19-15-6-9-22-12-16(15)23-11-13-2-3-13/h13-16,18H,2-12H2,1H3,(H,19,21)/t15-,16-/m1/s1. The normalized spacial score (nSPS) is 29.7. The van der Waals surface area contributed by atoms with E-state index in [-0.39, 0.29) is 18.1 Å². The predicted molar refractivity (Wildman–Crippen MR) is 88.4 cm³/mol. The molecule has 1 saturated carbocycles. The highest BCUT2D eigenvalue weighted by atomic mass is 16.5. The Morgan fingerprint density at radius 1 is 1.26 bits per heavy atom. The monoisotopic (exact) mass is 325 g/mol. The number of likely N-dealkylation sites (N-methyl/N-ethyl adjacent to an activating group) is 1. The van der Waals surface area contributed by atoms with Gasteiger partial charge in [-0.2, -0.15) is 0 Å². The maximum Gasteiger partial charge on any atom is 0.234 e. The summed E-state index contributed by atoms with van der Waals surface area (Å²) in [5, 5.41) is 6.55. The smallest absolute Gasteiger partial charge is 0.234 e. The summed E-state index contributed by atoms with van der Waals surface area (Å²) in [6, 6.07) is 0.607. The molecule has 2 N–H and O–H groups in total. The van der Waals surface area contributed by atoms with Gasteiger partial charge in [-0.1, -0.05) is 0 Å². The van der Waals surface area contributed by atoms with E-state index < -0.39 is 0 Å². The van der Waals surface area contributed by atoms with E-state index in [1.807, 2.05) is 0 Å². The third-order valence-electron chi connectivity index (χ3n) is 5.22. The summed E-state index contributed by atoms with van der Waals surface area (Å²) in [4.78, 5) is 14.6. The molecule has 6 nitrogen and oxygen atoms in total. The van der Waals surface area contributed by atoms with Crippen LogP contribution in [-0.4, -0.2) is 75.5 Å². The van der Waals surface area contributed by atoms with Gasteiger partial charge in [-0.05, 0) is 58.2 Å². The number of amides is 1. The molecule has 0 unspecified atom stereocenters. The van der Waals surface area contributed by atoms with Crippen molar-refractivity contribution >= 4 is 5.91 Å². The molecule has 0 radical (unpaired) electrons. The van der Waals surface area contributed by atoms with Gasteiger partial charge in [0, 0.05) is 19.3 Å². The fraction of sp³-hybridized carbons (Fsp3) is 0.941. The summed E-state index contributed by atoms with van der Waals surface area (Å²) in [5.74, 6) is 0.845. The molecule has 0 spiro atoms. The van der Waals surface area contributed by atoms with Crippen LogP contribution in [0.25, 0.3) is 0 Å². The van der Waals surface area contributed by atoms with E-state index >= 15 is 0 Å². The Labute approximate surface area is 139 Å². The Morgan fingerprint density at radius 3 is 2.78 bits per heavy atom. The molecule has 2 atom stereocenters. The number of ether oxygens (including phenoxy) is 2. The van der Waals surface area contributed by atoms with Gasteiger partial charge in [0.2, 0.25) is 5.91 Å². The van der Waals surface area contributed by atoms with Crippen LogP contribution < -0.4 is 10.6 Å². The third-order valence-corrected chi connectivity index (χ3v) is 5.22. The molecule has 6 heteroatoms. The lowest BCUT2D eigenvalue weighted by molar-refractivity contribution is -0.127. The van der Waals surface area contributed by atoms with Crippen LogP contribution in [0.1, 0.15) is 32.1 Å². The van der Waals surface area contributed by atoms with E-state index in [9.17, 15) is 4.79 Å². The zero-order valence-corrected chi connectivity index (χ0v) is 14.3. The van der Waals surface area contributed by atoms with E-state index in [1.54, 1.807) is 0 Å². The van der Waals surface area contributed by atoms with Crippen molar-refractivity contribution in [2.75, 3.05) is 46.5 Å². The molecular formula is C17H31N3O3. The molecule has 2 heterocycles. The maximum absolute atomic E-state index is 12.4. The number of piperidine rings is 1. The second-order valence-corrected chi connectivity index (χ2v) is 7.25. The van der Waals surface area contributed by atoms with Crippen LogP contribution in [0.2, 0.25) is 0 Å². The minimum absolute atomic E-state index is 0.0116. The van der Waals surface area contributed by atoms with Crippen molar-refractivity contribution in [1.29, 1.82) is 0 Å². The molecule has 1 aliphatic carbocycles. The predicted octanol–water partition coefficient (Wildman–Crippen LogP) is 0.371. The fourth-order valence-corrected chi connectivity index (χ4v) is 3.44. The molecule has 2 aliphatic heterocycles. The Kier molecular flexibility index (Phi) is 6.28. The first-order chi connectivity index (χ1) is 11.2. The summed E-state index contributed by atoms with van der Waals surface area (Å²) in [5.41, 5.74) is 0. The maximum atomic E-state index is 12.4. The van der Waals surface area contributed by atoms with Gasteiger partial charge >= 0.3 is 0 Å². The van der Waals surface area contributed by atoms with E-state index in [4.69, 9.17) is 9.47 Å². The van der Waals surface area contributed by atoms with E-state index in [0.717, 1.165) is 44.9 Å². The second kappa shape index (κ2) is 8.42. The third kappa shape index (κ3) is 5.41. The lowest BCUT2D eigenvalue weighted by Crippen LogP contribution is -2.53. The summed E-state index contributed by atoms with van der Waals surface area (Å²) in [6.45, 7) is 4.69. The highest BCUT2D eigenvalue weighted by Gasteiger charge is 2.31. The van der Waals surface area contributed by atoms with Crippen LogP contribution in [0.3, 0.4) is 0 Å². The summed E-state index contributed by atoms with van der Waals surface area (Å²) >= 11 is 0. The molecule has 132 valence electrons. The van der Waals surface area contributed by atoms with Crippen molar-refractivity contribution in [3.8, 4) is 0 Å². The zero-order valence-electron chi connectivity index (χ0n) is 14.3. The van der Waals surface area contributed by atoms with Crippen molar-refractivity contribution in [2.45, 2.75) is 50.3 Å². The summed E-state index contributed by atoms with van der Waals surface area (Å²) in [6.07, 6.45) is 5.66. The highest BCUT2D eigenvalue weighted by Crippen LogP contribution is 2.29.